The topological polar surface area (TPSA) is 72.5 Å². The van der Waals surface area contributed by atoms with Crippen molar-refractivity contribution in [3.8, 4) is 0 Å². The van der Waals surface area contributed by atoms with Crippen molar-refractivity contribution in [3.05, 3.63) is 95.1 Å². The Bertz CT molecular complexity index is 1120. The summed E-state index contributed by atoms with van der Waals surface area (Å²) in [4.78, 5) is 38.4. The van der Waals surface area contributed by atoms with Crippen LogP contribution in [-0.2, 0) is 16.0 Å². The third-order valence-corrected chi connectivity index (χ3v) is 6.17. The number of anilines is 1. The summed E-state index contributed by atoms with van der Waals surface area (Å²) < 4.78 is 5.46. The molecule has 3 aromatic rings. The Hall–Kier alpha value is -3.38. The predicted molar refractivity (Wildman–Crippen MR) is 132 cm³/mol. The van der Waals surface area contributed by atoms with Gasteiger partial charge in [0.2, 0.25) is 11.7 Å². The average molecular weight is 462 g/mol. The van der Waals surface area contributed by atoms with Gasteiger partial charge in [0.1, 0.15) is 0 Å². The molecule has 0 unspecified atom stereocenters. The highest BCUT2D eigenvalue weighted by atomic mass is 32.2. The van der Waals surface area contributed by atoms with Crippen LogP contribution in [-0.4, -0.2) is 29.5 Å². The van der Waals surface area contributed by atoms with Crippen molar-refractivity contribution in [1.29, 1.82) is 0 Å². The lowest BCUT2D eigenvalue weighted by Gasteiger charge is -2.14. The fourth-order valence-electron chi connectivity index (χ4n) is 3.16. The van der Waals surface area contributed by atoms with E-state index in [4.69, 9.17) is 4.74 Å². The van der Waals surface area contributed by atoms with Gasteiger partial charge < -0.3 is 10.1 Å². The van der Waals surface area contributed by atoms with Crippen molar-refractivity contribution in [1.82, 2.24) is 0 Å². The number of esters is 1. The summed E-state index contributed by atoms with van der Waals surface area (Å²) in [5, 5.41) is 2.84. The van der Waals surface area contributed by atoms with E-state index in [1.54, 1.807) is 43.3 Å². The minimum absolute atomic E-state index is 0.135. The Morgan fingerprint density at radius 3 is 2.27 bits per heavy atom. The lowest BCUT2D eigenvalue weighted by Crippen LogP contribution is -2.24. The monoisotopic (exact) mass is 461 g/mol. The number of ether oxygens (including phenoxy) is 1. The van der Waals surface area contributed by atoms with Crippen molar-refractivity contribution < 1.29 is 19.1 Å². The minimum Gasteiger partial charge on any atom is -0.451 e. The van der Waals surface area contributed by atoms with E-state index in [0.717, 1.165) is 23.2 Å². The largest absolute Gasteiger partial charge is 0.451 e. The third kappa shape index (κ3) is 6.80. The second-order valence-corrected chi connectivity index (χ2v) is 8.68. The van der Waals surface area contributed by atoms with Crippen LogP contribution in [0.25, 0.3) is 0 Å². The second kappa shape index (κ2) is 11.5. The molecule has 0 saturated heterocycles. The number of carbonyl (C=O) groups excluding carboxylic acids is 3. The summed E-state index contributed by atoms with van der Waals surface area (Å²) in [5.74, 6) is -0.890. The van der Waals surface area contributed by atoms with Crippen LogP contribution in [0.5, 0.6) is 0 Å². The molecular weight excluding hydrogens is 434 g/mol. The van der Waals surface area contributed by atoms with Crippen LogP contribution in [0.4, 0.5) is 5.69 Å². The molecule has 0 saturated carbocycles. The number of ketones is 1. The number of benzene rings is 3. The molecule has 0 fully saturated rings. The average Bonchev–Trinajstić information content (AvgIpc) is 2.84. The molecule has 5 nitrogen and oxygen atoms in total. The number of hydrogen-bond donors (Lipinski definition) is 1. The molecule has 0 aliphatic rings. The van der Waals surface area contributed by atoms with Gasteiger partial charge in [0.05, 0.1) is 11.3 Å². The van der Waals surface area contributed by atoms with Gasteiger partial charge in [-0.3, -0.25) is 9.59 Å². The summed E-state index contributed by atoms with van der Waals surface area (Å²) >= 11 is 1.24. The number of carbonyl (C=O) groups is 3. The minimum atomic E-state index is -0.923. The molecule has 1 amide bonds. The zero-order chi connectivity index (χ0) is 23.8. The Kier molecular flexibility index (Phi) is 8.44. The van der Waals surface area contributed by atoms with Gasteiger partial charge in [0, 0.05) is 16.1 Å². The van der Waals surface area contributed by atoms with E-state index in [0.29, 0.717) is 16.0 Å². The maximum atomic E-state index is 12.8. The molecule has 3 rings (SSSR count). The van der Waals surface area contributed by atoms with Crippen molar-refractivity contribution in [2.45, 2.75) is 38.2 Å². The van der Waals surface area contributed by atoms with Crippen molar-refractivity contribution in [3.63, 3.8) is 0 Å². The molecule has 0 aliphatic carbocycles. The molecule has 0 spiro atoms. The van der Waals surface area contributed by atoms with E-state index in [-0.39, 0.29) is 17.4 Å². The summed E-state index contributed by atoms with van der Waals surface area (Å²) in [6, 6.07) is 21.8. The van der Waals surface area contributed by atoms with Crippen LogP contribution in [0.2, 0.25) is 0 Å². The first-order valence-electron chi connectivity index (χ1n) is 10.8. The molecule has 33 heavy (non-hydrogen) atoms. The van der Waals surface area contributed by atoms with E-state index in [1.165, 1.54) is 11.8 Å². The zero-order valence-corrected chi connectivity index (χ0v) is 19.8. The van der Waals surface area contributed by atoms with Gasteiger partial charge >= 0.3 is 5.97 Å². The number of nitrogens with one attached hydrogen (secondary N) is 1. The van der Waals surface area contributed by atoms with Crippen LogP contribution >= 0.6 is 11.8 Å². The van der Waals surface area contributed by atoms with Crippen molar-refractivity contribution in [2.75, 3.05) is 11.1 Å². The number of thioether (sulfide) groups is 1. The summed E-state index contributed by atoms with van der Waals surface area (Å²) in [7, 11) is 0. The van der Waals surface area contributed by atoms with Crippen molar-refractivity contribution >= 4 is 35.1 Å². The fraction of sp³-hybridized carbons (Fsp3) is 0.222. The summed E-state index contributed by atoms with van der Waals surface area (Å²) in [6.07, 6.45) is -0.0379. The molecule has 0 aliphatic heterocycles. The quantitative estimate of drug-likeness (QED) is 0.251. The van der Waals surface area contributed by atoms with Crippen LogP contribution in [0.1, 0.15) is 45.7 Å². The van der Waals surface area contributed by atoms with Crippen LogP contribution < -0.4 is 5.32 Å². The first kappa shape index (κ1) is 24.3. The SMILES string of the molecule is CCc1ccc(C(=O)[C@H](C)OC(=O)c2ccccc2SCC(=O)Nc2ccc(C)cc2)cc1. The van der Waals surface area contributed by atoms with E-state index in [9.17, 15) is 14.4 Å². The Balaban J connectivity index is 1.61. The van der Waals surface area contributed by atoms with Crippen molar-refractivity contribution in [2.24, 2.45) is 0 Å². The molecule has 1 atom stereocenters. The molecule has 170 valence electrons. The van der Waals surface area contributed by atoms with Gasteiger partial charge in [-0.05, 0) is 50.1 Å². The molecule has 0 aromatic heterocycles. The van der Waals surface area contributed by atoms with Gasteiger partial charge in [-0.2, -0.15) is 0 Å². The summed E-state index contributed by atoms with van der Waals surface area (Å²) in [5.41, 5.74) is 3.79. The standard InChI is InChI=1S/C27H27NO4S/c1-4-20-11-13-21(14-12-20)26(30)19(3)32-27(31)23-7-5-6-8-24(23)33-17-25(29)28-22-15-9-18(2)10-16-22/h5-16,19H,4,17H2,1-3H3,(H,28,29)/t19-/m0/s1. The van der Waals surface area contributed by atoms with Gasteiger partial charge in [-0.15, -0.1) is 11.8 Å². The first-order valence-corrected chi connectivity index (χ1v) is 11.8. The predicted octanol–water partition coefficient (Wildman–Crippen LogP) is 5.72. The third-order valence-electron chi connectivity index (χ3n) is 5.10. The smallest absolute Gasteiger partial charge is 0.339 e. The Morgan fingerprint density at radius 1 is 0.939 bits per heavy atom. The van der Waals surface area contributed by atoms with E-state index >= 15 is 0 Å². The first-order chi connectivity index (χ1) is 15.9. The van der Waals surface area contributed by atoms with Crippen LogP contribution in [0.15, 0.2) is 77.7 Å². The number of hydrogen-bond acceptors (Lipinski definition) is 5. The fourth-order valence-corrected chi connectivity index (χ4v) is 4.00. The van der Waals surface area contributed by atoms with Gasteiger partial charge in [-0.1, -0.05) is 61.0 Å². The van der Waals surface area contributed by atoms with E-state index in [2.05, 4.69) is 5.32 Å². The molecule has 0 bridgehead atoms. The highest BCUT2D eigenvalue weighted by Crippen LogP contribution is 2.24. The van der Waals surface area contributed by atoms with E-state index in [1.807, 2.05) is 50.2 Å². The molecular formula is C27H27NO4S. The Morgan fingerprint density at radius 2 is 1.61 bits per heavy atom. The molecule has 1 N–H and O–H groups in total. The maximum Gasteiger partial charge on any atom is 0.339 e. The van der Waals surface area contributed by atoms with Crippen LogP contribution in [0, 0.1) is 6.92 Å². The highest BCUT2D eigenvalue weighted by Gasteiger charge is 2.22. The molecule has 3 aromatic carbocycles. The summed E-state index contributed by atoms with van der Waals surface area (Å²) in [6.45, 7) is 5.59. The number of aryl methyl sites for hydroxylation is 2. The lowest BCUT2D eigenvalue weighted by molar-refractivity contribution is -0.113. The van der Waals surface area contributed by atoms with Gasteiger partial charge in [0.25, 0.3) is 0 Å². The zero-order valence-electron chi connectivity index (χ0n) is 19.0. The number of Topliss-reactive ketones (excluding diaryl/α,β-unsaturated/α-hetero) is 1. The molecule has 6 heteroatoms. The van der Waals surface area contributed by atoms with Gasteiger partial charge in [0.15, 0.2) is 6.10 Å². The van der Waals surface area contributed by atoms with Crippen LogP contribution in [0.3, 0.4) is 0 Å². The number of amides is 1. The molecule has 0 radical (unpaired) electrons. The van der Waals surface area contributed by atoms with E-state index < -0.39 is 12.1 Å². The Labute approximate surface area is 198 Å². The normalized spacial score (nSPS) is 11.5. The van der Waals surface area contributed by atoms with Gasteiger partial charge in [-0.25, -0.2) is 4.79 Å². The number of rotatable bonds is 9. The second-order valence-electron chi connectivity index (χ2n) is 7.66. The maximum absolute atomic E-state index is 12.8. The lowest BCUT2D eigenvalue weighted by atomic mass is 10.0. The highest BCUT2D eigenvalue weighted by molar-refractivity contribution is 8.00. The molecule has 0 heterocycles.